The number of aryl methyl sites for hydroxylation is 1. The SMILES string of the molecule is Cc1ccccc1C1(CNC(=O)N2CCC(C(=O)N3CCC(C(N)=O)CC3)CC2)CC1. The van der Waals surface area contributed by atoms with Gasteiger partial charge in [0.1, 0.15) is 0 Å². The average Bonchev–Trinajstić information content (AvgIpc) is 3.58. The summed E-state index contributed by atoms with van der Waals surface area (Å²) in [6.45, 7) is 5.23. The third kappa shape index (κ3) is 4.70. The number of hydrogen-bond acceptors (Lipinski definition) is 3. The molecule has 2 saturated heterocycles. The van der Waals surface area contributed by atoms with Crippen LogP contribution in [0.1, 0.15) is 49.7 Å². The Bertz CT molecular complexity index is 835. The molecule has 7 nitrogen and oxygen atoms in total. The van der Waals surface area contributed by atoms with Crippen molar-refractivity contribution in [3.8, 4) is 0 Å². The van der Waals surface area contributed by atoms with Crippen LogP contribution in [0.25, 0.3) is 0 Å². The van der Waals surface area contributed by atoms with Crippen LogP contribution < -0.4 is 11.1 Å². The average molecular weight is 427 g/mol. The van der Waals surface area contributed by atoms with Gasteiger partial charge in [-0.05, 0) is 56.6 Å². The van der Waals surface area contributed by atoms with Gasteiger partial charge >= 0.3 is 6.03 Å². The summed E-state index contributed by atoms with van der Waals surface area (Å²) in [6.07, 6.45) is 4.94. The lowest BCUT2D eigenvalue weighted by Gasteiger charge is -2.37. The van der Waals surface area contributed by atoms with Gasteiger partial charge in [-0.3, -0.25) is 9.59 Å². The number of primary amides is 1. The molecular weight excluding hydrogens is 392 g/mol. The summed E-state index contributed by atoms with van der Waals surface area (Å²) in [5, 5.41) is 3.15. The smallest absolute Gasteiger partial charge is 0.317 e. The minimum Gasteiger partial charge on any atom is -0.369 e. The van der Waals surface area contributed by atoms with E-state index in [1.807, 2.05) is 9.80 Å². The monoisotopic (exact) mass is 426 g/mol. The predicted octanol–water partition coefficient (Wildman–Crippen LogP) is 2.17. The molecule has 2 heterocycles. The Balaban J connectivity index is 1.23. The summed E-state index contributed by atoms with van der Waals surface area (Å²) in [6, 6.07) is 8.42. The first-order chi connectivity index (χ1) is 14.9. The first-order valence-corrected chi connectivity index (χ1v) is 11.6. The maximum absolute atomic E-state index is 12.9. The molecule has 2 aliphatic heterocycles. The largest absolute Gasteiger partial charge is 0.369 e. The van der Waals surface area contributed by atoms with E-state index in [4.69, 9.17) is 5.73 Å². The fourth-order valence-electron chi connectivity index (χ4n) is 5.19. The van der Waals surface area contributed by atoms with Crippen LogP contribution in [-0.4, -0.2) is 60.4 Å². The van der Waals surface area contributed by atoms with E-state index in [0.717, 1.165) is 12.8 Å². The van der Waals surface area contributed by atoms with Gasteiger partial charge in [-0.1, -0.05) is 24.3 Å². The standard InChI is InChI=1S/C24H34N4O3/c1-17-4-2-3-5-20(17)24(10-11-24)16-26-23(31)28-14-8-19(9-15-28)22(30)27-12-6-18(7-13-27)21(25)29/h2-5,18-19H,6-16H2,1H3,(H2,25,29)(H,26,31). The molecule has 0 unspecified atom stereocenters. The van der Waals surface area contributed by atoms with Crippen LogP contribution in [0.4, 0.5) is 4.79 Å². The van der Waals surface area contributed by atoms with Gasteiger partial charge in [-0.15, -0.1) is 0 Å². The zero-order chi connectivity index (χ0) is 22.0. The van der Waals surface area contributed by atoms with Gasteiger partial charge in [-0.2, -0.15) is 0 Å². The van der Waals surface area contributed by atoms with Crippen molar-refractivity contribution < 1.29 is 14.4 Å². The van der Waals surface area contributed by atoms with Crippen molar-refractivity contribution in [3.05, 3.63) is 35.4 Å². The van der Waals surface area contributed by atoms with Crippen molar-refractivity contribution >= 4 is 17.8 Å². The number of nitrogens with two attached hydrogens (primary N) is 1. The number of piperidine rings is 2. The van der Waals surface area contributed by atoms with Crippen molar-refractivity contribution in [2.45, 2.75) is 50.9 Å². The van der Waals surface area contributed by atoms with Gasteiger partial charge in [0.05, 0.1) is 0 Å². The first-order valence-electron chi connectivity index (χ1n) is 11.6. The molecule has 31 heavy (non-hydrogen) atoms. The number of hydrogen-bond donors (Lipinski definition) is 2. The van der Waals surface area contributed by atoms with Gasteiger partial charge in [-0.25, -0.2) is 4.79 Å². The van der Waals surface area contributed by atoms with Crippen LogP contribution in [0.2, 0.25) is 0 Å². The van der Waals surface area contributed by atoms with E-state index < -0.39 is 0 Å². The minimum absolute atomic E-state index is 0.0203. The Morgan fingerprint density at radius 1 is 0.968 bits per heavy atom. The van der Waals surface area contributed by atoms with Crippen LogP contribution in [0.5, 0.6) is 0 Å². The molecule has 1 aromatic rings. The summed E-state index contributed by atoms with van der Waals surface area (Å²) in [5.74, 6) is -0.235. The van der Waals surface area contributed by atoms with Crippen molar-refractivity contribution in [2.75, 3.05) is 32.7 Å². The van der Waals surface area contributed by atoms with E-state index in [9.17, 15) is 14.4 Å². The second-order valence-electron chi connectivity index (χ2n) is 9.52. The summed E-state index contributed by atoms with van der Waals surface area (Å²) >= 11 is 0. The van der Waals surface area contributed by atoms with Crippen LogP contribution in [0.3, 0.4) is 0 Å². The van der Waals surface area contributed by atoms with Gasteiger partial charge in [0.15, 0.2) is 0 Å². The van der Waals surface area contributed by atoms with E-state index in [2.05, 4.69) is 36.5 Å². The second kappa shape index (κ2) is 8.89. The van der Waals surface area contributed by atoms with Crippen molar-refractivity contribution in [3.63, 3.8) is 0 Å². The lowest BCUT2D eigenvalue weighted by Crippen LogP contribution is -2.50. The second-order valence-corrected chi connectivity index (χ2v) is 9.52. The third-order valence-electron chi connectivity index (χ3n) is 7.49. The van der Waals surface area contributed by atoms with Crippen LogP contribution >= 0.6 is 0 Å². The summed E-state index contributed by atoms with van der Waals surface area (Å²) in [5.41, 5.74) is 8.11. The predicted molar refractivity (Wildman–Crippen MR) is 118 cm³/mol. The highest BCUT2D eigenvalue weighted by Crippen LogP contribution is 2.48. The molecular formula is C24H34N4O3. The Kier molecular flexibility index (Phi) is 6.21. The maximum atomic E-state index is 12.9. The number of urea groups is 1. The molecule has 168 valence electrons. The molecule has 4 amide bonds. The molecule has 0 spiro atoms. The lowest BCUT2D eigenvalue weighted by atomic mass is 9.91. The first kappa shape index (κ1) is 21.7. The topological polar surface area (TPSA) is 95.7 Å². The van der Waals surface area contributed by atoms with Crippen LogP contribution in [-0.2, 0) is 15.0 Å². The zero-order valence-electron chi connectivity index (χ0n) is 18.4. The molecule has 1 saturated carbocycles. The zero-order valence-corrected chi connectivity index (χ0v) is 18.4. The van der Waals surface area contributed by atoms with Gasteiger partial charge in [0.25, 0.3) is 0 Å². The molecule has 3 fully saturated rings. The molecule has 1 aliphatic carbocycles. The molecule has 0 atom stereocenters. The van der Waals surface area contributed by atoms with E-state index in [0.29, 0.717) is 58.4 Å². The Morgan fingerprint density at radius 3 is 2.13 bits per heavy atom. The number of carbonyl (C=O) groups is 3. The van der Waals surface area contributed by atoms with E-state index in [1.54, 1.807) is 0 Å². The van der Waals surface area contributed by atoms with Crippen molar-refractivity contribution in [1.82, 2.24) is 15.1 Å². The highest BCUT2D eigenvalue weighted by atomic mass is 16.2. The normalized spacial score (nSPS) is 21.6. The molecule has 1 aromatic carbocycles. The molecule has 0 bridgehead atoms. The lowest BCUT2D eigenvalue weighted by molar-refractivity contribution is -0.139. The van der Waals surface area contributed by atoms with Gasteiger partial charge in [0.2, 0.25) is 11.8 Å². The number of nitrogens with zero attached hydrogens (tertiary/aromatic N) is 2. The maximum Gasteiger partial charge on any atom is 0.317 e. The van der Waals surface area contributed by atoms with Gasteiger partial charge in [0, 0.05) is 50.0 Å². The number of carbonyl (C=O) groups excluding carboxylic acids is 3. The number of likely N-dealkylation sites (tertiary alicyclic amines) is 2. The highest BCUT2D eigenvalue weighted by molar-refractivity contribution is 5.81. The minimum atomic E-state index is -0.262. The van der Waals surface area contributed by atoms with Gasteiger partial charge < -0.3 is 20.9 Å². The summed E-state index contributed by atoms with van der Waals surface area (Å²) in [7, 11) is 0. The summed E-state index contributed by atoms with van der Waals surface area (Å²) < 4.78 is 0. The summed E-state index contributed by atoms with van der Waals surface area (Å²) in [4.78, 5) is 40.6. The quantitative estimate of drug-likeness (QED) is 0.755. The number of nitrogens with one attached hydrogen (secondary N) is 1. The molecule has 3 aliphatic rings. The number of benzene rings is 1. The molecule has 7 heteroatoms. The fourth-order valence-corrected chi connectivity index (χ4v) is 5.19. The van der Waals surface area contributed by atoms with E-state index >= 15 is 0 Å². The molecule has 4 rings (SSSR count). The Hall–Kier alpha value is -2.57. The molecule has 0 radical (unpaired) electrons. The highest BCUT2D eigenvalue weighted by Gasteiger charge is 2.45. The van der Waals surface area contributed by atoms with Crippen LogP contribution in [0.15, 0.2) is 24.3 Å². The third-order valence-corrected chi connectivity index (χ3v) is 7.49. The molecule has 0 aromatic heterocycles. The van der Waals surface area contributed by atoms with Crippen molar-refractivity contribution in [2.24, 2.45) is 17.6 Å². The fraction of sp³-hybridized carbons (Fsp3) is 0.625. The Morgan fingerprint density at radius 2 is 1.55 bits per heavy atom. The number of amides is 4. The van der Waals surface area contributed by atoms with Crippen LogP contribution in [0, 0.1) is 18.8 Å². The van der Waals surface area contributed by atoms with Crippen molar-refractivity contribution in [1.29, 1.82) is 0 Å². The Labute approximate surface area is 184 Å². The van der Waals surface area contributed by atoms with E-state index in [1.165, 1.54) is 11.1 Å². The van der Waals surface area contributed by atoms with E-state index in [-0.39, 0.29) is 35.1 Å². The molecule has 3 N–H and O–H groups in total. The number of rotatable bonds is 5.